The van der Waals surface area contributed by atoms with Crippen LogP contribution in [0.25, 0.3) is 0 Å². The van der Waals surface area contributed by atoms with E-state index in [1.807, 2.05) is 27.7 Å². The molecule has 0 aromatic rings. The molecule has 0 bridgehead atoms. The fourth-order valence-electron chi connectivity index (χ4n) is 1.54. The van der Waals surface area contributed by atoms with Gasteiger partial charge in [0.25, 0.3) is 0 Å². The van der Waals surface area contributed by atoms with E-state index in [0.717, 1.165) is 0 Å². The Kier molecular flexibility index (Phi) is 6.23. The molecule has 0 spiro atoms. The normalized spacial score (nSPS) is 11.5. The molecular formula is C13H22N2O. The highest BCUT2D eigenvalue weighted by molar-refractivity contribution is 5.77. The Morgan fingerprint density at radius 3 is 2.00 bits per heavy atom. The Labute approximate surface area is 98.5 Å². The summed E-state index contributed by atoms with van der Waals surface area (Å²) < 4.78 is 0. The van der Waals surface area contributed by atoms with Crippen LogP contribution in [-0.2, 0) is 0 Å². The molecule has 0 heterocycles. The average Bonchev–Trinajstić information content (AvgIpc) is 2.15. The molecule has 0 aliphatic carbocycles. The van der Waals surface area contributed by atoms with E-state index in [-0.39, 0.29) is 18.1 Å². The number of hydrogen-bond donors (Lipinski definition) is 1. The SMILES string of the molecule is C=C/C=C(\C=C)NC(=O)N(C(C)C)C(C)C. The second kappa shape index (κ2) is 6.88. The van der Waals surface area contributed by atoms with Crippen LogP contribution in [0.4, 0.5) is 4.79 Å². The lowest BCUT2D eigenvalue weighted by atomic mass is 10.2. The molecule has 0 radical (unpaired) electrons. The van der Waals surface area contributed by atoms with Crippen LogP contribution in [0.2, 0.25) is 0 Å². The summed E-state index contributed by atoms with van der Waals surface area (Å²) in [4.78, 5) is 13.7. The molecule has 0 aromatic heterocycles. The summed E-state index contributed by atoms with van der Waals surface area (Å²) in [6.07, 6.45) is 4.93. The van der Waals surface area contributed by atoms with Crippen LogP contribution in [-0.4, -0.2) is 23.0 Å². The zero-order valence-corrected chi connectivity index (χ0v) is 10.7. The Hall–Kier alpha value is -1.51. The lowest BCUT2D eigenvalue weighted by Gasteiger charge is -2.30. The van der Waals surface area contributed by atoms with Crippen LogP contribution in [0.15, 0.2) is 37.1 Å². The number of allylic oxidation sites excluding steroid dienone is 3. The van der Waals surface area contributed by atoms with Gasteiger partial charge in [0.2, 0.25) is 0 Å². The summed E-state index contributed by atoms with van der Waals surface area (Å²) in [5.41, 5.74) is 0.659. The summed E-state index contributed by atoms with van der Waals surface area (Å²) in [6, 6.07) is 0.211. The predicted molar refractivity (Wildman–Crippen MR) is 69.1 cm³/mol. The monoisotopic (exact) mass is 222 g/mol. The van der Waals surface area contributed by atoms with Crippen LogP contribution in [0, 0.1) is 0 Å². The second-order valence-corrected chi connectivity index (χ2v) is 4.09. The first kappa shape index (κ1) is 14.5. The molecule has 0 atom stereocenters. The maximum atomic E-state index is 12.0. The molecule has 1 N–H and O–H groups in total. The van der Waals surface area contributed by atoms with Crippen LogP contribution in [0.1, 0.15) is 27.7 Å². The first-order valence-electron chi connectivity index (χ1n) is 5.48. The molecular weight excluding hydrogens is 200 g/mol. The number of hydrogen-bond acceptors (Lipinski definition) is 1. The lowest BCUT2D eigenvalue weighted by Crippen LogP contribution is -2.47. The minimum absolute atomic E-state index is 0.113. The molecule has 0 unspecified atom stereocenters. The molecule has 90 valence electrons. The number of nitrogens with one attached hydrogen (secondary N) is 1. The molecule has 0 aliphatic heterocycles. The van der Waals surface area contributed by atoms with Crippen molar-refractivity contribution in [2.24, 2.45) is 0 Å². The van der Waals surface area contributed by atoms with E-state index in [4.69, 9.17) is 0 Å². The first-order chi connectivity index (χ1) is 7.43. The number of amides is 2. The molecule has 0 fully saturated rings. The number of nitrogens with zero attached hydrogens (tertiary/aromatic N) is 1. The van der Waals surface area contributed by atoms with Crippen LogP contribution >= 0.6 is 0 Å². The molecule has 16 heavy (non-hydrogen) atoms. The molecule has 3 heteroatoms. The molecule has 0 rings (SSSR count). The molecule has 3 nitrogen and oxygen atoms in total. The van der Waals surface area contributed by atoms with Crippen molar-refractivity contribution in [2.75, 3.05) is 0 Å². The zero-order chi connectivity index (χ0) is 12.7. The fourth-order valence-corrected chi connectivity index (χ4v) is 1.54. The van der Waals surface area contributed by atoms with Gasteiger partial charge in [-0.05, 0) is 39.8 Å². The first-order valence-corrected chi connectivity index (χ1v) is 5.48. The number of carbonyl (C=O) groups is 1. The smallest absolute Gasteiger partial charge is 0.320 e. The van der Waals surface area contributed by atoms with E-state index in [2.05, 4.69) is 18.5 Å². The second-order valence-electron chi connectivity index (χ2n) is 4.09. The summed E-state index contributed by atoms with van der Waals surface area (Å²) in [5.74, 6) is 0. The van der Waals surface area contributed by atoms with E-state index < -0.39 is 0 Å². The lowest BCUT2D eigenvalue weighted by molar-refractivity contribution is 0.168. The van der Waals surface area contributed by atoms with Gasteiger partial charge in [0, 0.05) is 17.8 Å². The number of rotatable bonds is 5. The Bertz CT molecular complexity index is 282. The van der Waals surface area contributed by atoms with E-state index in [1.165, 1.54) is 0 Å². The molecule has 0 aliphatic rings. The third-order valence-corrected chi connectivity index (χ3v) is 2.12. The third-order valence-electron chi connectivity index (χ3n) is 2.12. The van der Waals surface area contributed by atoms with E-state index in [1.54, 1.807) is 23.1 Å². The van der Waals surface area contributed by atoms with Gasteiger partial charge >= 0.3 is 6.03 Å². The highest BCUT2D eigenvalue weighted by Crippen LogP contribution is 2.06. The van der Waals surface area contributed by atoms with E-state index >= 15 is 0 Å². The van der Waals surface area contributed by atoms with Gasteiger partial charge in [0.15, 0.2) is 0 Å². The molecule has 2 amide bonds. The summed E-state index contributed by atoms with van der Waals surface area (Å²) in [6.45, 7) is 15.2. The predicted octanol–water partition coefficient (Wildman–Crippen LogP) is 3.07. The minimum Gasteiger partial charge on any atom is -0.320 e. The van der Waals surface area contributed by atoms with Gasteiger partial charge in [0.1, 0.15) is 0 Å². The Morgan fingerprint density at radius 1 is 1.19 bits per heavy atom. The van der Waals surface area contributed by atoms with Crippen LogP contribution < -0.4 is 5.32 Å². The van der Waals surface area contributed by atoms with Crippen molar-refractivity contribution >= 4 is 6.03 Å². The highest BCUT2D eigenvalue weighted by atomic mass is 16.2. The van der Waals surface area contributed by atoms with Crippen molar-refractivity contribution in [3.8, 4) is 0 Å². The standard InChI is InChI=1S/C13H22N2O/c1-7-9-12(8-2)14-13(16)15(10(3)4)11(5)6/h7-11H,1-2H2,3-6H3,(H,14,16)/b12-9+. The van der Waals surface area contributed by atoms with Gasteiger partial charge in [-0.25, -0.2) is 4.79 Å². The van der Waals surface area contributed by atoms with Gasteiger partial charge in [-0.1, -0.05) is 19.2 Å². The maximum Gasteiger partial charge on any atom is 0.322 e. The van der Waals surface area contributed by atoms with Crippen molar-refractivity contribution in [1.82, 2.24) is 10.2 Å². The van der Waals surface area contributed by atoms with Gasteiger partial charge in [-0.2, -0.15) is 0 Å². The number of urea groups is 1. The summed E-state index contributed by atoms with van der Waals surface area (Å²) in [5, 5.41) is 2.79. The van der Waals surface area contributed by atoms with Crippen LogP contribution in [0.3, 0.4) is 0 Å². The van der Waals surface area contributed by atoms with Crippen LogP contribution in [0.5, 0.6) is 0 Å². The van der Waals surface area contributed by atoms with E-state index in [9.17, 15) is 4.79 Å². The van der Waals surface area contributed by atoms with Gasteiger partial charge in [-0.3, -0.25) is 0 Å². The fraction of sp³-hybridized carbons (Fsp3) is 0.462. The summed E-state index contributed by atoms with van der Waals surface area (Å²) >= 11 is 0. The molecule has 0 saturated heterocycles. The zero-order valence-electron chi connectivity index (χ0n) is 10.7. The van der Waals surface area contributed by atoms with Crippen molar-refractivity contribution < 1.29 is 4.79 Å². The van der Waals surface area contributed by atoms with E-state index in [0.29, 0.717) is 5.70 Å². The quantitative estimate of drug-likeness (QED) is 0.712. The Morgan fingerprint density at radius 2 is 1.69 bits per heavy atom. The van der Waals surface area contributed by atoms with Gasteiger partial charge in [0.05, 0.1) is 0 Å². The van der Waals surface area contributed by atoms with Crippen molar-refractivity contribution in [1.29, 1.82) is 0 Å². The molecule has 0 aromatic carbocycles. The van der Waals surface area contributed by atoms with Crippen molar-refractivity contribution in [2.45, 2.75) is 39.8 Å². The topological polar surface area (TPSA) is 32.3 Å². The average molecular weight is 222 g/mol. The van der Waals surface area contributed by atoms with Gasteiger partial charge in [-0.15, -0.1) is 0 Å². The molecule has 0 saturated carbocycles. The van der Waals surface area contributed by atoms with Crippen molar-refractivity contribution in [3.05, 3.63) is 37.1 Å². The van der Waals surface area contributed by atoms with Gasteiger partial charge < -0.3 is 10.2 Å². The minimum atomic E-state index is -0.113. The maximum absolute atomic E-state index is 12.0. The summed E-state index contributed by atoms with van der Waals surface area (Å²) in [7, 11) is 0. The Balaban J connectivity index is 4.71. The third kappa shape index (κ3) is 4.34. The largest absolute Gasteiger partial charge is 0.322 e. The van der Waals surface area contributed by atoms with Crippen molar-refractivity contribution in [3.63, 3.8) is 0 Å². The number of carbonyl (C=O) groups excluding carboxylic acids is 1. The highest BCUT2D eigenvalue weighted by Gasteiger charge is 2.19.